The van der Waals surface area contributed by atoms with Gasteiger partial charge in [0.25, 0.3) is 0 Å². The maximum Gasteiger partial charge on any atom is 0.329 e. The minimum atomic E-state index is -1.07. The number of carboxylic acids is 1. The first-order chi connectivity index (χ1) is 9.37. The van der Waals surface area contributed by atoms with E-state index in [9.17, 15) is 14.7 Å². The van der Waals surface area contributed by atoms with Crippen LogP contribution in [-0.2, 0) is 4.79 Å². The summed E-state index contributed by atoms with van der Waals surface area (Å²) in [4.78, 5) is 25.4. The molecule has 0 radical (unpaired) electrons. The van der Waals surface area contributed by atoms with Crippen LogP contribution in [-0.4, -0.2) is 41.1 Å². The lowest BCUT2D eigenvalue weighted by Crippen LogP contribution is -2.57. The molecular weight excluding hydrogens is 256 g/mol. The minimum absolute atomic E-state index is 0.269. The number of carboxylic acid groups (broad SMARTS) is 1. The second-order valence-electron chi connectivity index (χ2n) is 6.34. The van der Waals surface area contributed by atoms with Gasteiger partial charge in [-0.2, -0.15) is 0 Å². The van der Waals surface area contributed by atoms with Crippen LogP contribution in [0.4, 0.5) is 4.79 Å². The second kappa shape index (κ2) is 7.50. The molecule has 20 heavy (non-hydrogen) atoms. The quantitative estimate of drug-likeness (QED) is 0.763. The van der Waals surface area contributed by atoms with Gasteiger partial charge >= 0.3 is 12.0 Å². The number of rotatable bonds is 5. The largest absolute Gasteiger partial charge is 0.480 e. The van der Waals surface area contributed by atoms with Crippen LogP contribution >= 0.6 is 0 Å². The van der Waals surface area contributed by atoms with Gasteiger partial charge in [0, 0.05) is 13.6 Å². The molecule has 5 heteroatoms. The molecule has 0 atom stereocenters. The van der Waals surface area contributed by atoms with E-state index in [2.05, 4.69) is 19.2 Å². The molecule has 116 valence electrons. The van der Waals surface area contributed by atoms with Crippen LogP contribution in [0.2, 0.25) is 0 Å². The first kappa shape index (κ1) is 16.8. The van der Waals surface area contributed by atoms with Crippen molar-refractivity contribution in [1.29, 1.82) is 0 Å². The van der Waals surface area contributed by atoms with Crippen molar-refractivity contribution in [2.24, 2.45) is 5.92 Å². The number of nitrogens with zero attached hydrogens (tertiary/aromatic N) is 1. The van der Waals surface area contributed by atoms with Crippen molar-refractivity contribution in [1.82, 2.24) is 10.2 Å². The maximum atomic E-state index is 12.2. The van der Waals surface area contributed by atoms with Crippen LogP contribution in [0.15, 0.2) is 0 Å². The summed E-state index contributed by atoms with van der Waals surface area (Å²) in [5, 5.41) is 12.3. The monoisotopic (exact) mass is 284 g/mol. The van der Waals surface area contributed by atoms with Crippen LogP contribution < -0.4 is 5.32 Å². The molecule has 2 N–H and O–H groups in total. The fraction of sp³-hybridized carbons (Fsp3) is 0.867. The molecule has 0 unspecified atom stereocenters. The van der Waals surface area contributed by atoms with Crippen molar-refractivity contribution in [2.75, 3.05) is 13.6 Å². The Morgan fingerprint density at radius 1 is 1.20 bits per heavy atom. The number of urea groups is 1. The number of carbonyl (C=O) groups excluding carboxylic acids is 1. The molecule has 0 spiro atoms. The van der Waals surface area contributed by atoms with Gasteiger partial charge in [-0.15, -0.1) is 0 Å². The SMILES string of the molecule is CC(C)CCN(C)C(=O)NC1(C(=O)O)CCCCCC1. The number of carbonyl (C=O) groups is 2. The predicted molar refractivity (Wildman–Crippen MR) is 78.7 cm³/mol. The Kier molecular flexibility index (Phi) is 6.30. The molecule has 1 saturated carbocycles. The molecule has 1 rings (SSSR count). The van der Waals surface area contributed by atoms with Crippen molar-refractivity contribution < 1.29 is 14.7 Å². The summed E-state index contributed by atoms with van der Waals surface area (Å²) in [7, 11) is 1.73. The Balaban J connectivity index is 2.65. The summed E-state index contributed by atoms with van der Waals surface area (Å²) in [5.74, 6) is -0.374. The highest BCUT2D eigenvalue weighted by Gasteiger charge is 2.40. The van der Waals surface area contributed by atoms with Crippen molar-refractivity contribution in [3.05, 3.63) is 0 Å². The predicted octanol–water partition coefficient (Wildman–Crippen LogP) is 2.85. The van der Waals surface area contributed by atoms with Gasteiger partial charge < -0.3 is 15.3 Å². The van der Waals surface area contributed by atoms with Gasteiger partial charge in [0.2, 0.25) is 0 Å². The van der Waals surface area contributed by atoms with E-state index in [0.29, 0.717) is 25.3 Å². The molecule has 0 aromatic carbocycles. The molecule has 0 heterocycles. The standard InChI is InChI=1S/C15H28N2O3/c1-12(2)8-11-17(3)14(20)16-15(13(18)19)9-6-4-5-7-10-15/h12H,4-11H2,1-3H3,(H,16,20)(H,18,19). The Labute approximate surface area is 121 Å². The Bertz CT molecular complexity index is 334. The highest BCUT2D eigenvalue weighted by atomic mass is 16.4. The molecule has 5 nitrogen and oxygen atoms in total. The minimum Gasteiger partial charge on any atom is -0.480 e. The lowest BCUT2D eigenvalue weighted by Gasteiger charge is -2.31. The number of nitrogens with one attached hydrogen (secondary N) is 1. The number of hydrogen-bond donors (Lipinski definition) is 2. The Morgan fingerprint density at radius 2 is 1.75 bits per heavy atom. The summed E-state index contributed by atoms with van der Waals surface area (Å²) >= 11 is 0. The zero-order chi connectivity index (χ0) is 15.2. The first-order valence-corrected chi connectivity index (χ1v) is 7.64. The second-order valence-corrected chi connectivity index (χ2v) is 6.34. The first-order valence-electron chi connectivity index (χ1n) is 7.64. The Morgan fingerprint density at radius 3 is 2.20 bits per heavy atom. The number of aliphatic carboxylic acids is 1. The summed E-state index contributed by atoms with van der Waals surface area (Å²) < 4.78 is 0. The highest BCUT2D eigenvalue weighted by molar-refractivity contribution is 5.86. The van der Waals surface area contributed by atoms with Gasteiger partial charge in [-0.25, -0.2) is 9.59 Å². The fourth-order valence-corrected chi connectivity index (χ4v) is 2.58. The van der Waals surface area contributed by atoms with Crippen molar-refractivity contribution >= 4 is 12.0 Å². The highest BCUT2D eigenvalue weighted by Crippen LogP contribution is 2.27. The molecule has 0 saturated heterocycles. The van der Waals surface area contributed by atoms with Gasteiger partial charge in [0.15, 0.2) is 0 Å². The molecule has 1 fully saturated rings. The van der Waals surface area contributed by atoms with Crippen LogP contribution in [0.25, 0.3) is 0 Å². The van der Waals surface area contributed by atoms with Gasteiger partial charge in [0.1, 0.15) is 5.54 Å². The number of hydrogen-bond acceptors (Lipinski definition) is 2. The van der Waals surface area contributed by atoms with Crippen molar-refractivity contribution in [3.8, 4) is 0 Å². The van der Waals surface area contributed by atoms with Gasteiger partial charge in [-0.1, -0.05) is 39.5 Å². The molecule has 1 aliphatic rings. The summed E-state index contributed by atoms with van der Waals surface area (Å²) in [6.45, 7) is 4.87. The molecule has 2 amide bonds. The molecule has 0 aromatic rings. The summed E-state index contributed by atoms with van der Waals surface area (Å²) in [6, 6.07) is -0.269. The van der Waals surface area contributed by atoms with Crippen LogP contribution in [0.5, 0.6) is 0 Å². The van der Waals surface area contributed by atoms with E-state index in [0.717, 1.165) is 32.1 Å². The molecule has 1 aliphatic carbocycles. The van der Waals surface area contributed by atoms with Gasteiger partial charge in [0.05, 0.1) is 0 Å². The van der Waals surface area contributed by atoms with E-state index >= 15 is 0 Å². The lowest BCUT2D eigenvalue weighted by atomic mass is 9.90. The normalized spacial score (nSPS) is 18.4. The zero-order valence-corrected chi connectivity index (χ0v) is 12.9. The van der Waals surface area contributed by atoms with Gasteiger partial charge in [-0.05, 0) is 25.2 Å². The average molecular weight is 284 g/mol. The smallest absolute Gasteiger partial charge is 0.329 e. The zero-order valence-electron chi connectivity index (χ0n) is 12.9. The fourth-order valence-electron chi connectivity index (χ4n) is 2.58. The van der Waals surface area contributed by atoms with Gasteiger partial charge in [-0.3, -0.25) is 0 Å². The van der Waals surface area contributed by atoms with Crippen molar-refractivity contribution in [2.45, 2.75) is 64.3 Å². The van der Waals surface area contributed by atoms with E-state index in [1.165, 1.54) is 0 Å². The van der Waals surface area contributed by atoms with Crippen LogP contribution in [0.3, 0.4) is 0 Å². The topological polar surface area (TPSA) is 69.6 Å². The molecule has 0 aromatic heterocycles. The Hall–Kier alpha value is -1.26. The molecule has 0 bridgehead atoms. The molecular formula is C15H28N2O3. The van der Waals surface area contributed by atoms with E-state index in [-0.39, 0.29) is 6.03 Å². The summed E-state index contributed by atoms with van der Waals surface area (Å²) in [5.41, 5.74) is -1.07. The summed E-state index contributed by atoms with van der Waals surface area (Å²) in [6.07, 6.45) is 5.81. The van der Waals surface area contributed by atoms with E-state index in [1.54, 1.807) is 11.9 Å². The third kappa shape index (κ3) is 4.69. The van der Waals surface area contributed by atoms with E-state index < -0.39 is 11.5 Å². The number of amides is 2. The van der Waals surface area contributed by atoms with E-state index in [4.69, 9.17) is 0 Å². The van der Waals surface area contributed by atoms with Crippen LogP contribution in [0, 0.1) is 5.92 Å². The third-order valence-corrected chi connectivity index (χ3v) is 4.10. The average Bonchev–Trinajstić information content (AvgIpc) is 2.62. The van der Waals surface area contributed by atoms with Crippen molar-refractivity contribution in [3.63, 3.8) is 0 Å². The van der Waals surface area contributed by atoms with E-state index in [1.807, 2.05) is 0 Å². The van der Waals surface area contributed by atoms with Crippen LogP contribution in [0.1, 0.15) is 58.8 Å². The maximum absolute atomic E-state index is 12.2. The third-order valence-electron chi connectivity index (χ3n) is 4.10. The lowest BCUT2D eigenvalue weighted by molar-refractivity contribution is -0.145. The molecule has 0 aliphatic heterocycles.